The minimum atomic E-state index is -1.70. The van der Waals surface area contributed by atoms with E-state index >= 15 is 0 Å². The average Bonchev–Trinajstić information content (AvgIpc) is 2.74. The van der Waals surface area contributed by atoms with Gasteiger partial charge in [-0.25, -0.2) is 0 Å². The number of amides is 1. The number of rotatable bonds is 7. The number of hydrogen-bond acceptors (Lipinski definition) is 2. The molecule has 0 aromatic heterocycles. The SMILES string of the molecule is [CH2]CNC(=O)[C@@H](N)CS(c1ccccc1)(c1ccccc1)c1ccccc1. The van der Waals surface area contributed by atoms with Crippen molar-refractivity contribution in [1.82, 2.24) is 5.32 Å². The molecule has 3 N–H and O–H groups in total. The first-order chi connectivity index (χ1) is 13.2. The zero-order valence-electron chi connectivity index (χ0n) is 15.3. The minimum Gasteiger partial charge on any atom is -0.355 e. The van der Waals surface area contributed by atoms with Crippen molar-refractivity contribution < 1.29 is 4.79 Å². The van der Waals surface area contributed by atoms with Gasteiger partial charge < -0.3 is 11.1 Å². The van der Waals surface area contributed by atoms with Crippen molar-refractivity contribution in [2.24, 2.45) is 5.73 Å². The number of carbonyl (C=O) groups excluding carboxylic acids is 1. The van der Waals surface area contributed by atoms with Gasteiger partial charge in [-0.05, 0) is 58.0 Å². The molecule has 0 spiro atoms. The quantitative estimate of drug-likeness (QED) is 0.647. The van der Waals surface area contributed by atoms with E-state index in [9.17, 15) is 4.79 Å². The Morgan fingerprint density at radius 1 is 0.815 bits per heavy atom. The third-order valence-corrected chi connectivity index (χ3v) is 8.59. The Labute approximate surface area is 162 Å². The summed E-state index contributed by atoms with van der Waals surface area (Å²) in [7, 11) is -1.70. The highest BCUT2D eigenvalue weighted by Gasteiger charge is 2.34. The molecule has 0 unspecified atom stereocenters. The molecule has 0 fully saturated rings. The van der Waals surface area contributed by atoms with Crippen LogP contribution in [0, 0.1) is 6.92 Å². The van der Waals surface area contributed by atoms with Crippen LogP contribution < -0.4 is 11.1 Å². The molecule has 3 rings (SSSR count). The Morgan fingerprint density at radius 2 is 1.19 bits per heavy atom. The van der Waals surface area contributed by atoms with Crippen LogP contribution in [-0.4, -0.2) is 24.2 Å². The molecular weight excluding hydrogens is 352 g/mol. The van der Waals surface area contributed by atoms with Crippen LogP contribution in [0.25, 0.3) is 0 Å². The van der Waals surface area contributed by atoms with Crippen LogP contribution in [0.1, 0.15) is 0 Å². The Morgan fingerprint density at radius 3 is 1.52 bits per heavy atom. The average molecular weight is 378 g/mol. The number of benzene rings is 3. The molecule has 1 amide bonds. The lowest BCUT2D eigenvalue weighted by atomic mass is 10.3. The van der Waals surface area contributed by atoms with Crippen LogP contribution in [0.4, 0.5) is 0 Å². The lowest BCUT2D eigenvalue weighted by Gasteiger charge is -2.43. The fraction of sp³-hybridized carbons (Fsp3) is 0.130. The maximum Gasteiger partial charge on any atom is 0.237 e. The maximum absolute atomic E-state index is 12.5. The number of nitrogens with one attached hydrogen (secondary N) is 1. The van der Waals surface area contributed by atoms with E-state index in [2.05, 4.69) is 48.6 Å². The lowest BCUT2D eigenvalue weighted by molar-refractivity contribution is -0.121. The molecule has 27 heavy (non-hydrogen) atoms. The van der Waals surface area contributed by atoms with Gasteiger partial charge in [0.05, 0.1) is 6.04 Å². The number of hydrogen-bond donors (Lipinski definition) is 2. The van der Waals surface area contributed by atoms with Gasteiger partial charge in [-0.15, -0.1) is 0 Å². The van der Waals surface area contributed by atoms with E-state index in [1.165, 1.54) is 14.7 Å². The molecule has 0 heterocycles. The van der Waals surface area contributed by atoms with Crippen molar-refractivity contribution in [3.05, 3.63) is 97.9 Å². The monoisotopic (exact) mass is 377 g/mol. The van der Waals surface area contributed by atoms with E-state index in [4.69, 9.17) is 5.73 Å². The summed E-state index contributed by atoms with van der Waals surface area (Å²) >= 11 is 0. The molecule has 1 atom stereocenters. The maximum atomic E-state index is 12.5. The summed E-state index contributed by atoms with van der Waals surface area (Å²) in [5.74, 6) is 0.376. The van der Waals surface area contributed by atoms with Crippen molar-refractivity contribution in [3.8, 4) is 0 Å². The second kappa shape index (κ2) is 8.89. The molecule has 4 heteroatoms. The van der Waals surface area contributed by atoms with Crippen molar-refractivity contribution in [1.29, 1.82) is 0 Å². The molecule has 3 aromatic rings. The van der Waals surface area contributed by atoms with Crippen LogP contribution in [0.3, 0.4) is 0 Å². The Kier molecular flexibility index (Phi) is 6.32. The van der Waals surface area contributed by atoms with Gasteiger partial charge in [0.2, 0.25) is 5.91 Å². The van der Waals surface area contributed by atoms with Gasteiger partial charge in [0, 0.05) is 12.3 Å². The first-order valence-electron chi connectivity index (χ1n) is 8.97. The summed E-state index contributed by atoms with van der Waals surface area (Å²) in [6.07, 6.45) is 0. The summed E-state index contributed by atoms with van der Waals surface area (Å²) in [5.41, 5.74) is 6.38. The lowest BCUT2D eigenvalue weighted by Crippen LogP contribution is -2.44. The molecule has 0 saturated heterocycles. The van der Waals surface area contributed by atoms with Gasteiger partial charge in [-0.3, -0.25) is 4.79 Å². The van der Waals surface area contributed by atoms with Crippen LogP contribution >= 0.6 is 10.0 Å². The Balaban J connectivity index is 2.21. The molecule has 139 valence electrons. The zero-order chi connectivity index (χ0) is 19.1. The van der Waals surface area contributed by atoms with Gasteiger partial charge >= 0.3 is 0 Å². The van der Waals surface area contributed by atoms with Gasteiger partial charge in [0.1, 0.15) is 0 Å². The zero-order valence-corrected chi connectivity index (χ0v) is 16.1. The summed E-state index contributed by atoms with van der Waals surface area (Å²) in [6, 6.07) is 30.5. The highest BCUT2D eigenvalue weighted by molar-refractivity contribution is 8.33. The van der Waals surface area contributed by atoms with Gasteiger partial charge in [0.25, 0.3) is 0 Å². The number of carbonyl (C=O) groups is 1. The van der Waals surface area contributed by atoms with Gasteiger partial charge in [0.15, 0.2) is 0 Å². The molecule has 1 radical (unpaired) electrons. The van der Waals surface area contributed by atoms with E-state index < -0.39 is 16.1 Å². The van der Waals surface area contributed by atoms with Gasteiger partial charge in [-0.1, -0.05) is 54.6 Å². The summed E-state index contributed by atoms with van der Waals surface area (Å²) < 4.78 is 0. The summed E-state index contributed by atoms with van der Waals surface area (Å²) in [4.78, 5) is 16.0. The van der Waals surface area contributed by atoms with E-state index in [-0.39, 0.29) is 5.91 Å². The predicted octanol–water partition coefficient (Wildman–Crippen LogP) is 4.25. The van der Waals surface area contributed by atoms with E-state index in [1.807, 2.05) is 54.6 Å². The van der Waals surface area contributed by atoms with Crippen LogP contribution in [-0.2, 0) is 4.79 Å². The molecule has 0 aliphatic carbocycles. The van der Waals surface area contributed by atoms with Crippen LogP contribution in [0.5, 0.6) is 0 Å². The van der Waals surface area contributed by atoms with Crippen LogP contribution in [0.15, 0.2) is 106 Å². The van der Waals surface area contributed by atoms with E-state index in [0.29, 0.717) is 12.3 Å². The molecule has 0 saturated carbocycles. The second-order valence-electron chi connectivity index (χ2n) is 6.24. The van der Waals surface area contributed by atoms with Crippen molar-refractivity contribution in [2.75, 3.05) is 12.3 Å². The molecule has 0 aliphatic heterocycles. The van der Waals surface area contributed by atoms with Crippen molar-refractivity contribution in [3.63, 3.8) is 0 Å². The third-order valence-electron chi connectivity index (χ3n) is 4.50. The third kappa shape index (κ3) is 4.07. The second-order valence-corrected chi connectivity index (χ2v) is 9.47. The van der Waals surface area contributed by atoms with Gasteiger partial charge in [-0.2, -0.15) is 10.0 Å². The molecule has 3 nitrogen and oxygen atoms in total. The topological polar surface area (TPSA) is 55.1 Å². The highest BCUT2D eigenvalue weighted by atomic mass is 32.3. The molecule has 0 aliphatic rings. The molecular formula is C23H25N2OS. The minimum absolute atomic E-state index is 0.162. The van der Waals surface area contributed by atoms with Crippen LogP contribution in [0.2, 0.25) is 0 Å². The van der Waals surface area contributed by atoms with Crippen molar-refractivity contribution >= 4 is 15.9 Å². The first-order valence-corrected chi connectivity index (χ1v) is 10.8. The molecule has 3 aromatic carbocycles. The summed E-state index contributed by atoms with van der Waals surface area (Å²) in [5, 5.41) is 2.76. The van der Waals surface area contributed by atoms with E-state index in [0.717, 1.165) is 0 Å². The Bertz CT molecular complexity index is 757. The fourth-order valence-electron chi connectivity index (χ4n) is 3.25. The van der Waals surface area contributed by atoms with Crippen molar-refractivity contribution in [2.45, 2.75) is 20.7 Å². The largest absolute Gasteiger partial charge is 0.355 e. The standard InChI is InChI=1S/C23H25N2OS/c1-2-25-23(26)22(24)18-27(19-12-6-3-7-13-19,20-14-8-4-9-15-20)21-16-10-5-11-17-21/h3-17,22H,1-2,18,24H2,(H,25,26)/t22-/m0/s1. The fourth-order valence-corrected chi connectivity index (χ4v) is 7.20. The number of nitrogens with two attached hydrogens (primary N) is 1. The normalized spacial score (nSPS) is 13.0. The molecule has 0 bridgehead atoms. The summed E-state index contributed by atoms with van der Waals surface area (Å²) in [6.45, 7) is 4.03. The predicted molar refractivity (Wildman–Crippen MR) is 113 cm³/mol. The Hall–Kier alpha value is -2.56. The first kappa shape index (κ1) is 19.2. The smallest absolute Gasteiger partial charge is 0.237 e. The van der Waals surface area contributed by atoms with E-state index in [1.54, 1.807) is 0 Å². The highest BCUT2D eigenvalue weighted by Crippen LogP contribution is 2.68.